The van der Waals surface area contributed by atoms with Crippen LogP contribution in [0.5, 0.6) is 5.75 Å². The van der Waals surface area contributed by atoms with Gasteiger partial charge in [-0.1, -0.05) is 30.3 Å². The number of benzene rings is 3. The van der Waals surface area contributed by atoms with Gasteiger partial charge in [0.15, 0.2) is 6.61 Å². The number of carbonyl (C=O) groups excluding carboxylic acids is 1. The van der Waals surface area contributed by atoms with E-state index in [1.54, 1.807) is 80.6 Å². The lowest BCUT2D eigenvalue weighted by molar-refractivity contribution is -0.123. The fourth-order valence-corrected chi connectivity index (χ4v) is 4.68. The van der Waals surface area contributed by atoms with Crippen LogP contribution in [0.2, 0.25) is 0 Å². The van der Waals surface area contributed by atoms with E-state index in [1.165, 1.54) is 16.4 Å². The van der Waals surface area contributed by atoms with Gasteiger partial charge in [0.25, 0.3) is 15.9 Å². The molecule has 8 heteroatoms. The van der Waals surface area contributed by atoms with Crippen molar-refractivity contribution in [1.82, 2.24) is 5.32 Å². The quantitative estimate of drug-likeness (QED) is 0.521. The highest BCUT2D eigenvalue weighted by molar-refractivity contribution is 7.92. The number of rotatable bonds is 9. The lowest BCUT2D eigenvalue weighted by Crippen LogP contribution is -2.31. The monoisotopic (exact) mass is 456 g/mol. The maximum atomic E-state index is 13.0. The van der Waals surface area contributed by atoms with Gasteiger partial charge in [0, 0.05) is 6.54 Å². The van der Waals surface area contributed by atoms with Crippen LogP contribution in [0.1, 0.15) is 25.5 Å². The Kier molecular flexibility index (Phi) is 7.48. The number of halogens is 1. The summed E-state index contributed by atoms with van der Waals surface area (Å²) in [5.74, 6) is -0.225. The van der Waals surface area contributed by atoms with E-state index in [2.05, 4.69) is 5.32 Å². The fraction of sp³-hybridized carbons (Fsp3) is 0.208. The Bertz CT molecular complexity index is 1130. The van der Waals surface area contributed by atoms with Crippen molar-refractivity contribution in [3.8, 4) is 5.75 Å². The standard InChI is InChI=1S/C24H25FN2O4S/c1-3-27(32(29,30)23-7-5-4-6-8-23)21-13-15-22(16-14-21)31-17-24(28)26-18(2)19-9-11-20(25)12-10-19/h4-16,18H,3,17H2,1-2H3,(H,26,28)/t18-/m1/s1. The first-order valence-electron chi connectivity index (χ1n) is 10.2. The molecule has 0 saturated carbocycles. The minimum Gasteiger partial charge on any atom is -0.484 e. The third kappa shape index (κ3) is 5.64. The molecule has 0 aliphatic carbocycles. The lowest BCUT2D eigenvalue weighted by atomic mass is 10.1. The molecule has 6 nitrogen and oxygen atoms in total. The molecule has 1 amide bonds. The Morgan fingerprint density at radius 2 is 1.62 bits per heavy atom. The molecule has 0 saturated heterocycles. The van der Waals surface area contributed by atoms with Gasteiger partial charge < -0.3 is 10.1 Å². The Morgan fingerprint density at radius 3 is 2.22 bits per heavy atom. The number of hydrogen-bond acceptors (Lipinski definition) is 4. The second-order valence-electron chi connectivity index (χ2n) is 7.11. The van der Waals surface area contributed by atoms with Crippen molar-refractivity contribution in [3.05, 3.63) is 90.2 Å². The van der Waals surface area contributed by atoms with Gasteiger partial charge in [0.05, 0.1) is 16.6 Å². The molecular weight excluding hydrogens is 431 g/mol. The Morgan fingerprint density at radius 1 is 1.00 bits per heavy atom. The van der Waals surface area contributed by atoms with Crippen LogP contribution < -0.4 is 14.4 Å². The van der Waals surface area contributed by atoms with E-state index >= 15 is 0 Å². The van der Waals surface area contributed by atoms with Gasteiger partial charge in [-0.15, -0.1) is 0 Å². The van der Waals surface area contributed by atoms with Crippen molar-refractivity contribution in [3.63, 3.8) is 0 Å². The predicted molar refractivity (Wildman–Crippen MR) is 122 cm³/mol. The van der Waals surface area contributed by atoms with Crippen molar-refractivity contribution < 1.29 is 22.3 Å². The van der Waals surface area contributed by atoms with Gasteiger partial charge in [-0.05, 0) is 67.9 Å². The van der Waals surface area contributed by atoms with Crippen LogP contribution in [-0.4, -0.2) is 27.5 Å². The number of hydrogen-bond donors (Lipinski definition) is 1. The van der Waals surface area contributed by atoms with E-state index in [4.69, 9.17) is 4.74 Å². The fourth-order valence-electron chi connectivity index (χ4n) is 3.19. The summed E-state index contributed by atoms with van der Waals surface area (Å²) in [6.07, 6.45) is 0. The van der Waals surface area contributed by atoms with Crippen LogP contribution in [-0.2, 0) is 14.8 Å². The third-order valence-corrected chi connectivity index (χ3v) is 6.78. The minimum atomic E-state index is -3.68. The van der Waals surface area contributed by atoms with Crippen molar-refractivity contribution >= 4 is 21.6 Å². The number of amides is 1. The number of nitrogens with one attached hydrogen (secondary N) is 1. The average Bonchev–Trinajstić information content (AvgIpc) is 2.80. The van der Waals surface area contributed by atoms with Crippen LogP contribution >= 0.6 is 0 Å². The predicted octanol–water partition coefficient (Wildman–Crippen LogP) is 4.30. The summed E-state index contributed by atoms with van der Waals surface area (Å²) in [6.45, 7) is 3.62. The molecule has 0 heterocycles. The summed E-state index contributed by atoms with van der Waals surface area (Å²) in [6, 6.07) is 20.4. The molecule has 168 valence electrons. The number of ether oxygens (including phenoxy) is 1. The van der Waals surface area contributed by atoms with Crippen LogP contribution in [0.25, 0.3) is 0 Å². The van der Waals surface area contributed by atoms with Crippen LogP contribution in [0.4, 0.5) is 10.1 Å². The first-order chi connectivity index (χ1) is 15.3. The second kappa shape index (κ2) is 10.3. The molecule has 0 bridgehead atoms. The summed E-state index contributed by atoms with van der Waals surface area (Å²) >= 11 is 0. The van der Waals surface area contributed by atoms with Crippen LogP contribution in [0.3, 0.4) is 0 Å². The molecule has 1 atom stereocenters. The lowest BCUT2D eigenvalue weighted by Gasteiger charge is -2.23. The van der Waals surface area contributed by atoms with E-state index in [1.807, 2.05) is 0 Å². The molecule has 3 rings (SSSR count). The molecule has 3 aromatic carbocycles. The van der Waals surface area contributed by atoms with Gasteiger partial charge in [-0.25, -0.2) is 12.8 Å². The first-order valence-corrected chi connectivity index (χ1v) is 11.6. The minimum absolute atomic E-state index is 0.204. The summed E-state index contributed by atoms with van der Waals surface area (Å²) < 4.78 is 45.7. The molecule has 1 N–H and O–H groups in total. The van der Waals surface area contributed by atoms with Gasteiger partial charge in [0.2, 0.25) is 0 Å². The van der Waals surface area contributed by atoms with Crippen LogP contribution in [0.15, 0.2) is 83.8 Å². The number of carbonyl (C=O) groups is 1. The normalized spacial score (nSPS) is 12.1. The highest BCUT2D eigenvalue weighted by Gasteiger charge is 2.23. The zero-order chi connectivity index (χ0) is 23.1. The van der Waals surface area contributed by atoms with E-state index in [9.17, 15) is 17.6 Å². The van der Waals surface area contributed by atoms with E-state index in [-0.39, 0.29) is 35.8 Å². The Labute approximate surface area is 187 Å². The maximum Gasteiger partial charge on any atom is 0.264 e. The van der Waals surface area contributed by atoms with E-state index in [0.717, 1.165) is 5.56 Å². The molecular formula is C24H25FN2O4S. The van der Waals surface area contributed by atoms with E-state index in [0.29, 0.717) is 11.4 Å². The van der Waals surface area contributed by atoms with Crippen molar-refractivity contribution in [2.75, 3.05) is 17.5 Å². The van der Waals surface area contributed by atoms with Gasteiger partial charge >= 0.3 is 0 Å². The highest BCUT2D eigenvalue weighted by Crippen LogP contribution is 2.25. The molecule has 0 unspecified atom stereocenters. The average molecular weight is 457 g/mol. The number of anilines is 1. The largest absolute Gasteiger partial charge is 0.484 e. The Balaban J connectivity index is 1.60. The van der Waals surface area contributed by atoms with Gasteiger partial charge in [-0.2, -0.15) is 0 Å². The zero-order valence-electron chi connectivity index (χ0n) is 17.9. The number of sulfonamides is 1. The highest BCUT2D eigenvalue weighted by atomic mass is 32.2. The smallest absolute Gasteiger partial charge is 0.264 e. The van der Waals surface area contributed by atoms with Crippen LogP contribution in [0, 0.1) is 5.82 Å². The van der Waals surface area contributed by atoms with E-state index < -0.39 is 10.0 Å². The zero-order valence-corrected chi connectivity index (χ0v) is 18.7. The first kappa shape index (κ1) is 23.3. The molecule has 0 radical (unpaired) electrons. The molecule has 0 aliphatic rings. The molecule has 32 heavy (non-hydrogen) atoms. The Hall–Kier alpha value is -3.39. The summed E-state index contributed by atoms with van der Waals surface area (Å²) in [4.78, 5) is 12.4. The molecule has 3 aromatic rings. The summed E-state index contributed by atoms with van der Waals surface area (Å²) in [5.41, 5.74) is 1.28. The molecule has 0 aromatic heterocycles. The SMILES string of the molecule is CCN(c1ccc(OCC(=O)N[C@H](C)c2ccc(F)cc2)cc1)S(=O)(=O)c1ccccc1. The van der Waals surface area contributed by atoms with Gasteiger partial charge in [0.1, 0.15) is 11.6 Å². The van der Waals surface area contributed by atoms with Crippen molar-refractivity contribution in [1.29, 1.82) is 0 Å². The van der Waals surface area contributed by atoms with Crippen molar-refractivity contribution in [2.24, 2.45) is 0 Å². The third-order valence-electron chi connectivity index (χ3n) is 4.86. The topological polar surface area (TPSA) is 75.7 Å². The maximum absolute atomic E-state index is 13.0. The number of nitrogens with zero attached hydrogens (tertiary/aromatic N) is 1. The van der Waals surface area contributed by atoms with Crippen molar-refractivity contribution in [2.45, 2.75) is 24.8 Å². The van der Waals surface area contributed by atoms with Gasteiger partial charge in [-0.3, -0.25) is 9.10 Å². The second-order valence-corrected chi connectivity index (χ2v) is 8.97. The summed E-state index contributed by atoms with van der Waals surface area (Å²) in [7, 11) is -3.68. The molecule has 0 aliphatic heterocycles. The molecule has 0 spiro atoms. The summed E-state index contributed by atoms with van der Waals surface area (Å²) in [5, 5.41) is 2.79. The molecule has 0 fully saturated rings.